The Bertz CT molecular complexity index is 1150. The summed E-state index contributed by atoms with van der Waals surface area (Å²) < 4.78 is 51.0. The number of aliphatic hydroxyl groups excluding tert-OH is 1. The van der Waals surface area contributed by atoms with Crippen molar-refractivity contribution in [3.8, 4) is 23.3 Å². The minimum Gasteiger partial charge on any atom is -0.457 e. The average molecular weight is 496 g/mol. The smallest absolute Gasteiger partial charge is 0.415 e. The van der Waals surface area contributed by atoms with Crippen LogP contribution in [0.25, 0.3) is 0 Å². The average Bonchev–Trinajstić information content (AvgIpc) is 2.85. The molecule has 1 unspecified atom stereocenters. The van der Waals surface area contributed by atoms with E-state index in [1.165, 1.54) is 4.90 Å². The topological polar surface area (TPSA) is 67.7 Å². The van der Waals surface area contributed by atoms with Crippen molar-refractivity contribution in [1.82, 2.24) is 14.9 Å². The fourth-order valence-corrected chi connectivity index (χ4v) is 3.53. The number of rotatable bonds is 10. The van der Waals surface area contributed by atoms with E-state index >= 15 is 0 Å². The summed E-state index contributed by atoms with van der Waals surface area (Å²) in [5.74, 6) is 1.67. The molecular weight excluding hydrogens is 471 g/mol. The lowest BCUT2D eigenvalue weighted by Crippen LogP contribution is -2.40. The molecule has 0 amide bonds. The van der Waals surface area contributed by atoms with Crippen LogP contribution in [0.1, 0.15) is 11.1 Å². The highest BCUT2D eigenvalue weighted by Crippen LogP contribution is 2.26. The van der Waals surface area contributed by atoms with Crippen LogP contribution in [-0.4, -0.2) is 38.8 Å². The zero-order chi connectivity index (χ0) is 25.4. The normalized spacial score (nSPS) is 12.4. The van der Waals surface area contributed by atoms with Crippen LogP contribution < -0.4 is 9.47 Å². The molecule has 0 aliphatic carbocycles. The first-order chi connectivity index (χ1) is 17.3. The second-order valence-electron chi connectivity index (χ2n) is 8.07. The van der Waals surface area contributed by atoms with Crippen LogP contribution in [-0.2, 0) is 13.1 Å². The minimum atomic E-state index is -4.73. The number of alkyl halides is 3. The van der Waals surface area contributed by atoms with Crippen LogP contribution in [0.4, 0.5) is 13.2 Å². The summed E-state index contributed by atoms with van der Waals surface area (Å²) in [7, 11) is 0. The zero-order valence-corrected chi connectivity index (χ0v) is 19.2. The highest BCUT2D eigenvalue weighted by atomic mass is 19.4. The second-order valence-corrected chi connectivity index (χ2v) is 8.07. The summed E-state index contributed by atoms with van der Waals surface area (Å²) in [5, 5.41) is 9.78. The van der Waals surface area contributed by atoms with Crippen LogP contribution in [0.2, 0.25) is 0 Å². The standard InChI is InChI=1S/C27H24F3N3O3/c28-27(29,30)25(34)19-33(17-20-7-4-11-23(15-20)35-22-9-2-1-3-10-22)18-21-8-5-12-24(16-21)36-26-31-13-6-14-32-26/h1-16,25,34H,17-19H2. The van der Waals surface area contributed by atoms with E-state index in [4.69, 9.17) is 9.47 Å². The van der Waals surface area contributed by atoms with Gasteiger partial charge in [0.25, 0.3) is 0 Å². The zero-order valence-electron chi connectivity index (χ0n) is 19.2. The van der Waals surface area contributed by atoms with Crippen LogP contribution in [0.3, 0.4) is 0 Å². The van der Waals surface area contributed by atoms with Crippen molar-refractivity contribution in [1.29, 1.82) is 0 Å². The third kappa shape index (κ3) is 7.53. The minimum absolute atomic E-state index is 0.143. The number of aliphatic hydroxyl groups is 1. The summed E-state index contributed by atoms with van der Waals surface area (Å²) in [6.45, 7) is -0.296. The van der Waals surface area contributed by atoms with Crippen LogP contribution in [0.5, 0.6) is 23.3 Å². The number of aromatic nitrogens is 2. The number of halogens is 3. The molecule has 186 valence electrons. The maximum absolute atomic E-state index is 13.2. The van der Waals surface area contributed by atoms with Gasteiger partial charge in [-0.1, -0.05) is 42.5 Å². The van der Waals surface area contributed by atoms with Gasteiger partial charge >= 0.3 is 12.2 Å². The van der Waals surface area contributed by atoms with Gasteiger partial charge in [0, 0.05) is 32.0 Å². The monoisotopic (exact) mass is 495 g/mol. The first-order valence-corrected chi connectivity index (χ1v) is 11.2. The molecule has 0 aliphatic heterocycles. The Balaban J connectivity index is 1.51. The SMILES string of the molecule is OC(CN(Cc1cccc(Oc2ccccc2)c1)Cc1cccc(Oc2ncccn2)c1)C(F)(F)F. The van der Waals surface area contributed by atoms with Crippen molar-refractivity contribution < 1.29 is 27.8 Å². The molecule has 0 aliphatic rings. The van der Waals surface area contributed by atoms with Crippen LogP contribution in [0, 0.1) is 0 Å². The molecule has 6 nitrogen and oxygen atoms in total. The van der Waals surface area contributed by atoms with Crippen molar-refractivity contribution in [2.75, 3.05) is 6.54 Å². The van der Waals surface area contributed by atoms with Gasteiger partial charge in [0.15, 0.2) is 6.10 Å². The molecule has 9 heteroatoms. The number of ether oxygens (including phenoxy) is 2. The molecule has 4 rings (SSSR count). The Morgan fingerprint density at radius 3 is 1.86 bits per heavy atom. The Hall–Kier alpha value is -3.95. The molecule has 1 atom stereocenters. The van der Waals surface area contributed by atoms with E-state index in [-0.39, 0.29) is 19.1 Å². The molecule has 0 fully saturated rings. The van der Waals surface area contributed by atoms with E-state index in [2.05, 4.69) is 9.97 Å². The molecule has 0 spiro atoms. The Morgan fingerprint density at radius 2 is 1.28 bits per heavy atom. The summed E-state index contributed by atoms with van der Waals surface area (Å²) >= 11 is 0. The third-order valence-corrected chi connectivity index (χ3v) is 5.15. The molecule has 0 saturated heterocycles. The van der Waals surface area contributed by atoms with Gasteiger partial charge in [0.05, 0.1) is 0 Å². The summed E-state index contributed by atoms with van der Waals surface area (Å²) in [4.78, 5) is 9.55. The maximum Gasteiger partial charge on any atom is 0.415 e. The lowest BCUT2D eigenvalue weighted by Gasteiger charge is -2.26. The fraction of sp³-hybridized carbons (Fsp3) is 0.185. The summed E-state index contributed by atoms with van der Waals surface area (Å²) in [5.41, 5.74) is 1.44. The van der Waals surface area contributed by atoms with Gasteiger partial charge in [-0.3, -0.25) is 4.90 Å². The molecule has 1 heterocycles. The largest absolute Gasteiger partial charge is 0.457 e. The summed E-state index contributed by atoms with van der Waals surface area (Å²) in [6.07, 6.45) is -4.13. The van der Waals surface area contributed by atoms with Gasteiger partial charge in [0.1, 0.15) is 17.2 Å². The van der Waals surface area contributed by atoms with Gasteiger partial charge in [-0.2, -0.15) is 13.2 Å². The fourth-order valence-electron chi connectivity index (χ4n) is 3.53. The lowest BCUT2D eigenvalue weighted by molar-refractivity contribution is -0.208. The number of para-hydroxylation sites is 1. The van der Waals surface area contributed by atoms with E-state index < -0.39 is 18.8 Å². The third-order valence-electron chi connectivity index (χ3n) is 5.15. The van der Waals surface area contributed by atoms with Crippen molar-refractivity contribution in [3.05, 3.63) is 108 Å². The van der Waals surface area contributed by atoms with Gasteiger partial charge in [-0.15, -0.1) is 0 Å². The van der Waals surface area contributed by atoms with Gasteiger partial charge in [0.2, 0.25) is 0 Å². The first-order valence-electron chi connectivity index (χ1n) is 11.2. The van der Waals surface area contributed by atoms with Crippen LogP contribution >= 0.6 is 0 Å². The van der Waals surface area contributed by atoms with Crippen molar-refractivity contribution in [2.24, 2.45) is 0 Å². The van der Waals surface area contributed by atoms with Gasteiger partial charge < -0.3 is 14.6 Å². The van der Waals surface area contributed by atoms with Crippen LogP contribution in [0.15, 0.2) is 97.3 Å². The van der Waals surface area contributed by atoms with Crippen molar-refractivity contribution in [2.45, 2.75) is 25.4 Å². The quantitative estimate of drug-likeness (QED) is 0.292. The highest BCUT2D eigenvalue weighted by Gasteiger charge is 2.39. The molecular formula is C27H24F3N3O3. The van der Waals surface area contributed by atoms with Crippen molar-refractivity contribution in [3.63, 3.8) is 0 Å². The molecule has 1 aromatic heterocycles. The maximum atomic E-state index is 13.2. The molecule has 4 aromatic rings. The van der Waals surface area contributed by atoms with Crippen molar-refractivity contribution >= 4 is 0 Å². The first kappa shape index (κ1) is 25.2. The number of hydrogen-bond acceptors (Lipinski definition) is 6. The molecule has 36 heavy (non-hydrogen) atoms. The summed E-state index contributed by atoms with van der Waals surface area (Å²) in [6, 6.07) is 25.1. The Labute approximate surface area is 206 Å². The predicted octanol–water partition coefficient (Wildman–Crippen LogP) is 5.99. The second kappa shape index (κ2) is 11.7. The molecule has 1 N–H and O–H groups in total. The molecule has 0 bridgehead atoms. The molecule has 3 aromatic carbocycles. The lowest BCUT2D eigenvalue weighted by atomic mass is 10.1. The van der Waals surface area contributed by atoms with E-state index in [1.807, 2.05) is 30.3 Å². The predicted molar refractivity (Wildman–Crippen MR) is 128 cm³/mol. The highest BCUT2D eigenvalue weighted by molar-refractivity contribution is 5.34. The van der Waals surface area contributed by atoms with E-state index in [1.54, 1.807) is 67.0 Å². The number of benzene rings is 3. The Morgan fingerprint density at radius 1 is 0.722 bits per heavy atom. The van der Waals surface area contributed by atoms with E-state index in [0.29, 0.717) is 22.8 Å². The number of nitrogens with zero attached hydrogens (tertiary/aromatic N) is 3. The molecule has 0 saturated carbocycles. The van der Waals surface area contributed by atoms with Gasteiger partial charge in [-0.05, 0) is 53.6 Å². The number of hydrogen-bond donors (Lipinski definition) is 1. The van der Waals surface area contributed by atoms with E-state index in [9.17, 15) is 18.3 Å². The Kier molecular flexibility index (Phi) is 8.14. The van der Waals surface area contributed by atoms with Gasteiger partial charge in [-0.25, -0.2) is 9.97 Å². The van der Waals surface area contributed by atoms with E-state index in [0.717, 1.165) is 5.56 Å². The molecule has 0 radical (unpaired) electrons.